The molecule has 1 aliphatic rings. The summed E-state index contributed by atoms with van der Waals surface area (Å²) in [4.78, 5) is 3.95. The summed E-state index contributed by atoms with van der Waals surface area (Å²) in [5, 5.41) is 8.41. The van der Waals surface area contributed by atoms with E-state index < -0.39 is 0 Å². The molecule has 0 atom stereocenters. The normalized spacial score (nSPS) is 18.8. The van der Waals surface area contributed by atoms with Gasteiger partial charge in [0.1, 0.15) is 12.1 Å². The molecule has 1 heterocycles. The lowest BCUT2D eigenvalue weighted by Crippen LogP contribution is -2.38. The van der Waals surface area contributed by atoms with Crippen LogP contribution in [0.4, 0.5) is 5.69 Å². The van der Waals surface area contributed by atoms with Crippen molar-refractivity contribution in [1.82, 2.24) is 5.48 Å². The molecule has 0 spiro atoms. The Morgan fingerprint density at radius 2 is 2.00 bits per heavy atom. The molecule has 0 aromatic heterocycles. The first-order valence-electron chi connectivity index (χ1n) is 6.97. The minimum Gasteiger partial charge on any atom is -0.493 e. The molecule has 0 aliphatic carbocycles. The Labute approximate surface area is 124 Å². The van der Waals surface area contributed by atoms with Gasteiger partial charge in [-0.3, -0.25) is 10.7 Å². The highest BCUT2D eigenvalue weighted by Gasteiger charge is 2.27. The second-order valence-electron chi connectivity index (χ2n) is 5.73. The Balaban J connectivity index is 1.70. The Kier molecular flexibility index (Phi) is 5.55. The number of rotatable bonds is 6. The lowest BCUT2D eigenvalue weighted by molar-refractivity contribution is -0.225. The molecule has 0 radical (unpaired) electrons. The van der Waals surface area contributed by atoms with E-state index in [0.717, 1.165) is 11.4 Å². The van der Waals surface area contributed by atoms with Crippen molar-refractivity contribution in [3.8, 4) is 5.75 Å². The van der Waals surface area contributed by atoms with Crippen LogP contribution in [0.15, 0.2) is 29.3 Å². The van der Waals surface area contributed by atoms with Gasteiger partial charge < -0.3 is 14.2 Å². The summed E-state index contributed by atoms with van der Waals surface area (Å²) in [5.41, 5.74) is 2.68. The number of hydroxylamine groups is 1. The molecule has 6 heteroatoms. The maximum Gasteiger partial charge on any atom is 0.160 e. The van der Waals surface area contributed by atoms with Crippen molar-refractivity contribution in [3.05, 3.63) is 24.3 Å². The zero-order valence-electron chi connectivity index (χ0n) is 12.4. The van der Waals surface area contributed by atoms with Crippen LogP contribution in [0.1, 0.15) is 20.3 Å². The van der Waals surface area contributed by atoms with E-state index in [4.69, 9.17) is 19.4 Å². The molecule has 0 bridgehead atoms. The molecule has 2 N–H and O–H groups in total. The van der Waals surface area contributed by atoms with Crippen molar-refractivity contribution >= 4 is 12.0 Å². The predicted molar refractivity (Wildman–Crippen MR) is 79.1 cm³/mol. The van der Waals surface area contributed by atoms with Gasteiger partial charge in [-0.05, 0) is 24.3 Å². The van der Waals surface area contributed by atoms with E-state index in [0.29, 0.717) is 26.2 Å². The number of benzene rings is 1. The number of hydrogen-bond donors (Lipinski definition) is 2. The van der Waals surface area contributed by atoms with E-state index in [1.54, 1.807) is 12.1 Å². The average Bonchev–Trinajstić information content (AvgIpc) is 2.48. The highest BCUT2D eigenvalue weighted by Crippen LogP contribution is 2.24. The van der Waals surface area contributed by atoms with Crippen LogP contribution < -0.4 is 10.2 Å². The maximum absolute atomic E-state index is 8.41. The fraction of sp³-hybridized carbons (Fsp3) is 0.533. The smallest absolute Gasteiger partial charge is 0.160 e. The van der Waals surface area contributed by atoms with Crippen LogP contribution in [0.25, 0.3) is 0 Å². The molecule has 1 aromatic carbocycles. The van der Waals surface area contributed by atoms with Gasteiger partial charge >= 0.3 is 0 Å². The number of nitrogens with zero attached hydrogens (tertiary/aromatic N) is 1. The van der Waals surface area contributed by atoms with E-state index in [1.807, 2.05) is 17.6 Å². The zero-order valence-corrected chi connectivity index (χ0v) is 12.4. The summed E-state index contributed by atoms with van der Waals surface area (Å²) in [6.45, 7) is 6.20. The van der Waals surface area contributed by atoms with E-state index in [9.17, 15) is 0 Å². The van der Waals surface area contributed by atoms with Crippen molar-refractivity contribution in [2.45, 2.75) is 26.6 Å². The van der Waals surface area contributed by atoms with Crippen molar-refractivity contribution < 1.29 is 19.4 Å². The van der Waals surface area contributed by atoms with Crippen LogP contribution in [0.5, 0.6) is 5.75 Å². The molecule has 0 amide bonds. The molecule has 21 heavy (non-hydrogen) atoms. The molecule has 1 aromatic rings. The summed E-state index contributed by atoms with van der Waals surface area (Å²) in [7, 11) is 0. The van der Waals surface area contributed by atoms with Crippen LogP contribution in [-0.4, -0.2) is 37.7 Å². The third-order valence-corrected chi connectivity index (χ3v) is 3.05. The lowest BCUT2D eigenvalue weighted by atomic mass is 9.95. The van der Waals surface area contributed by atoms with Gasteiger partial charge in [0.05, 0.1) is 25.5 Å². The fourth-order valence-corrected chi connectivity index (χ4v) is 1.90. The highest BCUT2D eigenvalue weighted by atomic mass is 16.7. The molecular formula is C15H22N2O4. The van der Waals surface area contributed by atoms with Gasteiger partial charge in [0, 0.05) is 11.8 Å². The minimum absolute atomic E-state index is 0.0944. The van der Waals surface area contributed by atoms with E-state index in [-0.39, 0.29) is 11.7 Å². The van der Waals surface area contributed by atoms with Crippen molar-refractivity contribution in [3.63, 3.8) is 0 Å². The Bertz CT molecular complexity index is 449. The first-order chi connectivity index (χ1) is 10.1. The first-order valence-corrected chi connectivity index (χ1v) is 6.97. The van der Waals surface area contributed by atoms with Crippen molar-refractivity contribution in [2.75, 3.05) is 19.8 Å². The van der Waals surface area contributed by atoms with Crippen LogP contribution in [0.2, 0.25) is 0 Å². The third-order valence-electron chi connectivity index (χ3n) is 3.05. The summed E-state index contributed by atoms with van der Waals surface area (Å²) >= 11 is 0. The van der Waals surface area contributed by atoms with Gasteiger partial charge in [0.15, 0.2) is 6.29 Å². The minimum atomic E-state index is -0.183. The van der Waals surface area contributed by atoms with Gasteiger partial charge in [0.25, 0.3) is 0 Å². The number of aliphatic imine (C=N–C) groups is 1. The molecule has 0 unspecified atom stereocenters. The van der Waals surface area contributed by atoms with E-state index >= 15 is 0 Å². The fourth-order valence-electron chi connectivity index (χ4n) is 1.90. The van der Waals surface area contributed by atoms with Gasteiger partial charge in [-0.1, -0.05) is 13.8 Å². The van der Waals surface area contributed by atoms with E-state index in [2.05, 4.69) is 18.8 Å². The summed E-state index contributed by atoms with van der Waals surface area (Å²) in [6.07, 6.45) is 1.72. The van der Waals surface area contributed by atoms with Crippen LogP contribution >= 0.6 is 0 Å². The molecule has 1 saturated heterocycles. The maximum atomic E-state index is 8.41. The lowest BCUT2D eigenvalue weighted by Gasteiger charge is -2.34. The van der Waals surface area contributed by atoms with Gasteiger partial charge in [-0.15, -0.1) is 0 Å². The first kappa shape index (κ1) is 15.8. The molecule has 116 valence electrons. The standard InChI is InChI=1S/C15H22N2O4/c1-15(2)9-20-14(21-10-15)7-8-19-13-5-3-12(4-6-13)16-11-17-18/h3-6,11,14,18H,7-10H2,1-2H3,(H,16,17). The highest BCUT2D eigenvalue weighted by molar-refractivity contribution is 5.59. The van der Waals surface area contributed by atoms with Gasteiger partial charge in [0.2, 0.25) is 0 Å². The molecule has 0 saturated carbocycles. The largest absolute Gasteiger partial charge is 0.493 e. The number of ether oxygens (including phenoxy) is 3. The van der Waals surface area contributed by atoms with Gasteiger partial charge in [-0.25, -0.2) is 4.99 Å². The van der Waals surface area contributed by atoms with Crippen LogP contribution in [0.3, 0.4) is 0 Å². The second kappa shape index (κ2) is 7.40. The molecule has 6 nitrogen and oxygen atoms in total. The van der Waals surface area contributed by atoms with Gasteiger partial charge in [-0.2, -0.15) is 0 Å². The van der Waals surface area contributed by atoms with Crippen molar-refractivity contribution in [1.29, 1.82) is 0 Å². The molecule has 1 aliphatic heterocycles. The Morgan fingerprint density at radius 1 is 1.33 bits per heavy atom. The SMILES string of the molecule is CC1(C)COC(CCOc2ccc(N=CNO)cc2)OC1. The van der Waals surface area contributed by atoms with Crippen molar-refractivity contribution in [2.24, 2.45) is 10.4 Å². The predicted octanol–water partition coefficient (Wildman–Crippen LogP) is 2.49. The van der Waals surface area contributed by atoms with E-state index in [1.165, 1.54) is 6.34 Å². The molecule has 1 fully saturated rings. The number of nitrogens with one attached hydrogen (secondary N) is 1. The number of hydrogen-bond acceptors (Lipinski definition) is 5. The molecule has 2 rings (SSSR count). The Hall–Kier alpha value is -1.63. The topological polar surface area (TPSA) is 72.3 Å². The van der Waals surface area contributed by atoms with Crippen LogP contribution in [-0.2, 0) is 9.47 Å². The second-order valence-corrected chi connectivity index (χ2v) is 5.73. The zero-order chi connectivity index (χ0) is 15.1. The monoisotopic (exact) mass is 294 g/mol. The quantitative estimate of drug-likeness (QED) is 0.479. The third kappa shape index (κ3) is 5.34. The Morgan fingerprint density at radius 3 is 2.62 bits per heavy atom. The summed E-state index contributed by atoms with van der Waals surface area (Å²) in [6, 6.07) is 7.27. The average molecular weight is 294 g/mol. The van der Waals surface area contributed by atoms with Crippen LogP contribution in [0, 0.1) is 5.41 Å². The molecular weight excluding hydrogens is 272 g/mol. The summed E-state index contributed by atoms with van der Waals surface area (Å²) < 4.78 is 16.9. The summed E-state index contributed by atoms with van der Waals surface area (Å²) in [5.74, 6) is 0.766.